The third kappa shape index (κ3) is 7.18. The zero-order valence-electron chi connectivity index (χ0n) is 20.9. The number of benzene rings is 2. The minimum atomic E-state index is -5.06. The summed E-state index contributed by atoms with van der Waals surface area (Å²) in [4.78, 5) is 14.1. The number of halogens is 6. The average Bonchev–Trinajstić information content (AvgIpc) is 2.81. The van der Waals surface area contributed by atoms with Gasteiger partial charge in [0.2, 0.25) is 0 Å². The second-order valence-corrected chi connectivity index (χ2v) is 10.5. The van der Waals surface area contributed by atoms with Crippen molar-refractivity contribution in [3.05, 3.63) is 70.8 Å². The number of nitrogens with zero attached hydrogens (tertiary/aromatic N) is 1. The predicted molar refractivity (Wildman–Crippen MR) is 126 cm³/mol. The maximum absolute atomic E-state index is 13.6. The number of ether oxygens (including phenoxy) is 1. The lowest BCUT2D eigenvalue weighted by Gasteiger charge is -2.43. The summed E-state index contributed by atoms with van der Waals surface area (Å²) < 4.78 is 85.4. The third-order valence-corrected chi connectivity index (χ3v) is 6.70. The van der Waals surface area contributed by atoms with Gasteiger partial charge in [0, 0.05) is 13.1 Å². The van der Waals surface area contributed by atoms with Crippen molar-refractivity contribution in [1.82, 2.24) is 4.90 Å². The summed E-state index contributed by atoms with van der Waals surface area (Å²) in [5, 5.41) is 10.8. The highest BCUT2D eigenvalue weighted by atomic mass is 19.4. The number of hydrogen-bond donors (Lipinski definition) is 1. The molecule has 0 spiro atoms. The monoisotopic (exact) mass is 531 g/mol. The summed E-state index contributed by atoms with van der Waals surface area (Å²) in [6.45, 7) is 6.00. The number of amides is 1. The molecule has 1 atom stereocenters. The normalized spacial score (nSPS) is 17.4. The number of piperidine rings is 1. The second kappa shape index (κ2) is 10.6. The Morgan fingerprint density at radius 1 is 0.973 bits per heavy atom. The van der Waals surface area contributed by atoms with Gasteiger partial charge in [-0.05, 0) is 75.1 Å². The van der Waals surface area contributed by atoms with Crippen LogP contribution in [0.3, 0.4) is 0 Å². The Labute approximate surface area is 212 Å². The minimum absolute atomic E-state index is 0.0465. The van der Waals surface area contributed by atoms with E-state index in [2.05, 4.69) is 0 Å². The molecule has 4 nitrogen and oxygen atoms in total. The Morgan fingerprint density at radius 3 is 2.08 bits per heavy atom. The molecule has 0 aromatic heterocycles. The van der Waals surface area contributed by atoms with E-state index < -0.39 is 52.3 Å². The first-order chi connectivity index (χ1) is 17.0. The number of carbonyl (C=O) groups excluding carboxylic acids is 1. The van der Waals surface area contributed by atoms with Crippen LogP contribution in [0.5, 0.6) is 0 Å². The Kier molecular flexibility index (Phi) is 8.22. The Hall–Kier alpha value is -2.75. The molecule has 1 fully saturated rings. The van der Waals surface area contributed by atoms with E-state index in [9.17, 15) is 36.2 Å². The van der Waals surface area contributed by atoms with Crippen molar-refractivity contribution in [3.63, 3.8) is 0 Å². The third-order valence-electron chi connectivity index (χ3n) is 6.70. The van der Waals surface area contributed by atoms with E-state index in [1.807, 2.05) is 30.3 Å². The maximum atomic E-state index is 13.6. The molecule has 1 amide bonds. The smallest absolute Gasteiger partial charge is 0.416 e. The van der Waals surface area contributed by atoms with E-state index >= 15 is 0 Å². The number of likely N-dealkylation sites (tertiary alicyclic amines) is 1. The van der Waals surface area contributed by atoms with Crippen LogP contribution < -0.4 is 0 Å². The molecule has 0 aliphatic carbocycles. The fourth-order valence-corrected chi connectivity index (χ4v) is 4.76. The van der Waals surface area contributed by atoms with Crippen LogP contribution in [-0.2, 0) is 22.5 Å². The highest BCUT2D eigenvalue weighted by Gasteiger charge is 2.41. The van der Waals surface area contributed by atoms with Gasteiger partial charge in [0.25, 0.3) is 0 Å². The lowest BCUT2D eigenvalue weighted by molar-refractivity contribution is -0.144. The van der Waals surface area contributed by atoms with Crippen molar-refractivity contribution < 1.29 is 41.0 Å². The van der Waals surface area contributed by atoms with Gasteiger partial charge in [-0.1, -0.05) is 36.4 Å². The maximum Gasteiger partial charge on any atom is 0.416 e. The first kappa shape index (κ1) is 28.8. The largest absolute Gasteiger partial charge is 0.444 e. The molecular weight excluding hydrogens is 500 g/mol. The van der Waals surface area contributed by atoms with E-state index in [0.29, 0.717) is 38.1 Å². The van der Waals surface area contributed by atoms with Gasteiger partial charge in [-0.2, -0.15) is 26.3 Å². The van der Waals surface area contributed by atoms with Gasteiger partial charge < -0.3 is 14.7 Å². The second-order valence-electron chi connectivity index (χ2n) is 10.5. The fraction of sp³-hybridized carbons (Fsp3) is 0.519. The molecule has 0 radical (unpaired) electrons. The molecule has 2 aromatic carbocycles. The van der Waals surface area contributed by atoms with Gasteiger partial charge >= 0.3 is 18.4 Å². The van der Waals surface area contributed by atoms with Crippen molar-refractivity contribution in [1.29, 1.82) is 0 Å². The SMILES string of the molecule is CC(C)(C)OC(=O)N1CCC(CCC(O)c2ccc(C(F)(F)F)cc2C(F)(F)F)(c2ccccc2)CC1. The first-order valence-electron chi connectivity index (χ1n) is 12.0. The molecule has 1 heterocycles. The van der Waals surface area contributed by atoms with Crippen molar-refractivity contribution in [2.45, 2.75) is 75.9 Å². The molecule has 1 unspecified atom stereocenters. The number of aliphatic hydroxyl groups excluding tert-OH is 1. The highest BCUT2D eigenvalue weighted by Crippen LogP contribution is 2.44. The lowest BCUT2D eigenvalue weighted by atomic mass is 9.69. The van der Waals surface area contributed by atoms with Crippen LogP contribution in [0.15, 0.2) is 48.5 Å². The molecule has 1 aliphatic heterocycles. The molecule has 204 valence electrons. The predicted octanol–water partition coefficient (Wildman–Crippen LogP) is 7.51. The quantitative estimate of drug-likeness (QED) is 0.407. The summed E-state index contributed by atoms with van der Waals surface area (Å²) in [6, 6.07) is 10.6. The van der Waals surface area contributed by atoms with E-state index in [4.69, 9.17) is 4.74 Å². The average molecular weight is 532 g/mol. The number of aliphatic hydroxyl groups is 1. The molecular formula is C27H31F6NO3. The van der Waals surface area contributed by atoms with Crippen LogP contribution in [0.2, 0.25) is 0 Å². The first-order valence-corrected chi connectivity index (χ1v) is 12.0. The molecule has 1 saturated heterocycles. The van der Waals surface area contributed by atoms with Gasteiger partial charge in [0.15, 0.2) is 0 Å². The molecule has 3 rings (SSSR count). The Bertz CT molecular complexity index is 1070. The van der Waals surface area contributed by atoms with Gasteiger partial charge in [-0.3, -0.25) is 0 Å². The number of hydrogen-bond acceptors (Lipinski definition) is 3. The molecule has 0 saturated carbocycles. The van der Waals surface area contributed by atoms with Gasteiger partial charge in [-0.25, -0.2) is 4.79 Å². The Balaban J connectivity index is 1.83. The van der Waals surface area contributed by atoms with Gasteiger partial charge in [0.05, 0.1) is 17.2 Å². The summed E-state index contributed by atoms with van der Waals surface area (Å²) in [7, 11) is 0. The molecule has 1 N–H and O–H groups in total. The zero-order chi connectivity index (χ0) is 27.6. The van der Waals surface area contributed by atoms with E-state index in [0.717, 1.165) is 5.56 Å². The van der Waals surface area contributed by atoms with Crippen molar-refractivity contribution in [2.24, 2.45) is 0 Å². The number of alkyl halides is 6. The molecule has 10 heteroatoms. The topological polar surface area (TPSA) is 49.8 Å². The van der Waals surface area contributed by atoms with E-state index in [1.54, 1.807) is 25.7 Å². The molecule has 0 bridgehead atoms. The molecule has 1 aliphatic rings. The summed E-state index contributed by atoms with van der Waals surface area (Å²) >= 11 is 0. The van der Waals surface area contributed by atoms with Gasteiger partial charge in [-0.15, -0.1) is 0 Å². The van der Waals surface area contributed by atoms with Crippen LogP contribution in [0.1, 0.15) is 74.8 Å². The van der Waals surface area contributed by atoms with E-state index in [-0.39, 0.29) is 18.9 Å². The summed E-state index contributed by atoms with van der Waals surface area (Å²) in [6.07, 6.45) is -10.9. The number of rotatable bonds is 5. The Morgan fingerprint density at radius 2 is 1.57 bits per heavy atom. The standard InChI is InChI=1S/C27H31F6NO3/c1-24(2,3)37-23(36)34-15-13-25(14-16-34,18-7-5-4-6-8-18)12-11-22(35)20-10-9-19(26(28,29)30)17-21(20)27(31,32)33/h4-10,17,22,35H,11-16H2,1-3H3. The van der Waals surface area contributed by atoms with Crippen LogP contribution in [0, 0.1) is 0 Å². The van der Waals surface area contributed by atoms with Crippen molar-refractivity contribution in [2.75, 3.05) is 13.1 Å². The minimum Gasteiger partial charge on any atom is -0.444 e. The highest BCUT2D eigenvalue weighted by molar-refractivity contribution is 5.68. The van der Waals surface area contributed by atoms with Crippen LogP contribution in [-0.4, -0.2) is 34.8 Å². The fourth-order valence-electron chi connectivity index (χ4n) is 4.76. The van der Waals surface area contributed by atoms with Crippen molar-refractivity contribution >= 4 is 6.09 Å². The van der Waals surface area contributed by atoms with Crippen molar-refractivity contribution in [3.8, 4) is 0 Å². The van der Waals surface area contributed by atoms with Crippen LogP contribution >= 0.6 is 0 Å². The molecule has 37 heavy (non-hydrogen) atoms. The lowest BCUT2D eigenvalue weighted by Crippen LogP contribution is -2.47. The zero-order valence-corrected chi connectivity index (χ0v) is 20.9. The van der Waals surface area contributed by atoms with Crippen LogP contribution in [0.25, 0.3) is 0 Å². The van der Waals surface area contributed by atoms with Gasteiger partial charge in [0.1, 0.15) is 5.60 Å². The van der Waals surface area contributed by atoms with E-state index in [1.165, 1.54) is 0 Å². The summed E-state index contributed by atoms with van der Waals surface area (Å²) in [5.74, 6) is 0. The number of carbonyl (C=O) groups is 1. The molecule has 2 aromatic rings. The van der Waals surface area contributed by atoms with Crippen LogP contribution in [0.4, 0.5) is 31.1 Å². The summed E-state index contributed by atoms with van der Waals surface area (Å²) in [5.41, 5.74) is -3.78.